The molecule has 2 N–H and O–H groups in total. The SMILES string of the molecule is O=C(Nc1ccc2c(c1)CNCCO2)c1ccc(C(F)(F)F)cn1. The number of hydrogen-bond acceptors (Lipinski definition) is 4. The Hall–Kier alpha value is -2.61. The van der Waals surface area contributed by atoms with Gasteiger partial charge in [-0.05, 0) is 30.3 Å². The molecule has 0 saturated heterocycles. The largest absolute Gasteiger partial charge is 0.492 e. The van der Waals surface area contributed by atoms with E-state index in [-0.39, 0.29) is 5.69 Å². The molecule has 0 fully saturated rings. The number of nitrogens with one attached hydrogen (secondary N) is 2. The predicted octanol–water partition coefficient (Wildman–Crippen LogP) is 2.83. The van der Waals surface area contributed by atoms with E-state index in [0.717, 1.165) is 30.0 Å². The number of amides is 1. The summed E-state index contributed by atoms with van der Waals surface area (Å²) in [5.41, 5.74) is 0.429. The van der Waals surface area contributed by atoms with Gasteiger partial charge in [-0.15, -0.1) is 0 Å². The van der Waals surface area contributed by atoms with E-state index in [2.05, 4.69) is 15.6 Å². The maximum absolute atomic E-state index is 12.5. The van der Waals surface area contributed by atoms with Crippen molar-refractivity contribution < 1.29 is 22.7 Å². The smallest absolute Gasteiger partial charge is 0.417 e. The maximum Gasteiger partial charge on any atom is 0.417 e. The third-order valence-corrected chi connectivity index (χ3v) is 3.49. The van der Waals surface area contributed by atoms with Gasteiger partial charge >= 0.3 is 6.18 Å². The number of benzene rings is 1. The molecule has 24 heavy (non-hydrogen) atoms. The van der Waals surface area contributed by atoms with Gasteiger partial charge in [0.05, 0.1) is 5.56 Å². The van der Waals surface area contributed by atoms with Gasteiger partial charge in [-0.2, -0.15) is 13.2 Å². The topological polar surface area (TPSA) is 63.2 Å². The molecule has 1 aromatic carbocycles. The van der Waals surface area contributed by atoms with Crippen molar-refractivity contribution in [2.45, 2.75) is 12.7 Å². The van der Waals surface area contributed by atoms with E-state index in [9.17, 15) is 18.0 Å². The molecule has 0 bridgehead atoms. The Balaban J connectivity index is 1.74. The van der Waals surface area contributed by atoms with Gasteiger partial charge < -0.3 is 15.4 Å². The summed E-state index contributed by atoms with van der Waals surface area (Å²) in [5.74, 6) is 0.164. The Bertz CT molecular complexity index is 745. The fraction of sp³-hybridized carbons (Fsp3) is 0.250. The average molecular weight is 337 g/mol. The van der Waals surface area contributed by atoms with E-state index >= 15 is 0 Å². The van der Waals surface area contributed by atoms with Crippen LogP contribution >= 0.6 is 0 Å². The first-order valence-electron chi connectivity index (χ1n) is 7.24. The summed E-state index contributed by atoms with van der Waals surface area (Å²) in [6.07, 6.45) is -3.84. The molecule has 1 amide bonds. The minimum absolute atomic E-state index is 0.0904. The molecule has 1 aliphatic heterocycles. The maximum atomic E-state index is 12.5. The van der Waals surface area contributed by atoms with Gasteiger partial charge in [0.1, 0.15) is 18.1 Å². The Morgan fingerprint density at radius 1 is 1.25 bits per heavy atom. The van der Waals surface area contributed by atoms with E-state index in [0.29, 0.717) is 25.0 Å². The number of rotatable bonds is 2. The molecular weight excluding hydrogens is 323 g/mol. The second kappa shape index (κ2) is 6.48. The van der Waals surface area contributed by atoms with Crippen LogP contribution in [-0.4, -0.2) is 24.0 Å². The lowest BCUT2D eigenvalue weighted by Crippen LogP contribution is -2.16. The third-order valence-electron chi connectivity index (χ3n) is 3.49. The van der Waals surface area contributed by atoms with Crippen molar-refractivity contribution in [3.05, 3.63) is 53.3 Å². The number of ether oxygens (including phenoxy) is 1. The fourth-order valence-electron chi connectivity index (χ4n) is 2.28. The van der Waals surface area contributed by atoms with E-state index in [1.807, 2.05) is 0 Å². The summed E-state index contributed by atoms with van der Waals surface area (Å²) in [6, 6.07) is 7.06. The zero-order valence-electron chi connectivity index (χ0n) is 12.5. The number of carbonyl (C=O) groups excluding carboxylic acids is 1. The van der Waals surface area contributed by atoms with Crippen LogP contribution in [0.4, 0.5) is 18.9 Å². The normalized spacial score (nSPS) is 14.3. The summed E-state index contributed by atoms with van der Waals surface area (Å²) in [6.45, 7) is 1.90. The van der Waals surface area contributed by atoms with Crippen LogP contribution in [0.2, 0.25) is 0 Å². The molecule has 0 unspecified atom stereocenters. The van der Waals surface area contributed by atoms with Crippen molar-refractivity contribution in [2.24, 2.45) is 0 Å². The Kier molecular flexibility index (Phi) is 4.39. The molecule has 8 heteroatoms. The Morgan fingerprint density at radius 3 is 2.79 bits per heavy atom. The molecule has 0 spiro atoms. The van der Waals surface area contributed by atoms with Crippen molar-refractivity contribution in [1.82, 2.24) is 10.3 Å². The summed E-state index contributed by atoms with van der Waals surface area (Å²) in [4.78, 5) is 15.7. The highest BCUT2D eigenvalue weighted by molar-refractivity contribution is 6.02. The van der Waals surface area contributed by atoms with Gasteiger partial charge in [0.15, 0.2) is 0 Å². The highest BCUT2D eigenvalue weighted by Crippen LogP contribution is 2.28. The lowest BCUT2D eigenvalue weighted by molar-refractivity contribution is -0.137. The predicted molar refractivity (Wildman–Crippen MR) is 80.8 cm³/mol. The zero-order chi connectivity index (χ0) is 17.2. The first kappa shape index (κ1) is 16.3. The summed E-state index contributed by atoms with van der Waals surface area (Å²) in [7, 11) is 0. The van der Waals surface area contributed by atoms with Gasteiger partial charge in [-0.25, -0.2) is 0 Å². The van der Waals surface area contributed by atoms with Crippen LogP contribution in [0.25, 0.3) is 0 Å². The van der Waals surface area contributed by atoms with Crippen LogP contribution in [0.5, 0.6) is 5.75 Å². The molecule has 2 aromatic rings. The van der Waals surface area contributed by atoms with Crippen LogP contribution in [0.15, 0.2) is 36.5 Å². The number of halogens is 3. The van der Waals surface area contributed by atoms with Crippen molar-refractivity contribution in [2.75, 3.05) is 18.5 Å². The lowest BCUT2D eigenvalue weighted by atomic mass is 10.1. The standard InChI is InChI=1S/C16H14F3N3O2/c17-16(18,19)11-1-3-13(21-9-11)15(23)22-12-2-4-14-10(7-12)8-20-5-6-24-14/h1-4,7,9,20H,5-6,8H2,(H,22,23). The number of pyridine rings is 1. The molecule has 2 heterocycles. The summed E-state index contributed by atoms with van der Waals surface area (Å²) < 4.78 is 43.1. The van der Waals surface area contributed by atoms with E-state index in [1.54, 1.807) is 18.2 Å². The number of carbonyl (C=O) groups is 1. The molecule has 5 nitrogen and oxygen atoms in total. The first-order valence-corrected chi connectivity index (χ1v) is 7.24. The van der Waals surface area contributed by atoms with E-state index in [1.165, 1.54) is 0 Å². The highest BCUT2D eigenvalue weighted by Gasteiger charge is 2.30. The molecule has 0 radical (unpaired) electrons. The fourth-order valence-corrected chi connectivity index (χ4v) is 2.28. The molecule has 0 saturated carbocycles. The summed E-state index contributed by atoms with van der Waals surface area (Å²) >= 11 is 0. The lowest BCUT2D eigenvalue weighted by Gasteiger charge is -2.10. The number of aromatic nitrogens is 1. The minimum atomic E-state index is -4.48. The van der Waals surface area contributed by atoms with Crippen molar-refractivity contribution in [3.63, 3.8) is 0 Å². The number of nitrogens with zero attached hydrogens (tertiary/aromatic N) is 1. The van der Waals surface area contributed by atoms with Crippen molar-refractivity contribution >= 4 is 11.6 Å². The van der Waals surface area contributed by atoms with E-state index in [4.69, 9.17) is 4.74 Å². The molecule has 1 aliphatic rings. The summed E-state index contributed by atoms with van der Waals surface area (Å²) in [5, 5.41) is 5.80. The number of hydrogen-bond donors (Lipinski definition) is 2. The van der Waals surface area contributed by atoms with E-state index < -0.39 is 17.6 Å². The number of anilines is 1. The second-order valence-electron chi connectivity index (χ2n) is 5.23. The molecule has 1 aromatic heterocycles. The van der Waals surface area contributed by atoms with Gasteiger partial charge in [-0.3, -0.25) is 9.78 Å². The van der Waals surface area contributed by atoms with Crippen LogP contribution in [-0.2, 0) is 12.7 Å². The van der Waals surface area contributed by atoms with Crippen molar-refractivity contribution in [1.29, 1.82) is 0 Å². The Morgan fingerprint density at radius 2 is 2.08 bits per heavy atom. The van der Waals surface area contributed by atoms with Gasteiger partial charge in [0.2, 0.25) is 0 Å². The van der Waals surface area contributed by atoms with Gasteiger partial charge in [-0.1, -0.05) is 0 Å². The first-order chi connectivity index (χ1) is 11.4. The van der Waals surface area contributed by atoms with Crippen molar-refractivity contribution in [3.8, 4) is 5.75 Å². The van der Waals surface area contributed by atoms with Gasteiger partial charge in [0, 0.05) is 30.5 Å². The van der Waals surface area contributed by atoms with Crippen LogP contribution in [0, 0.1) is 0 Å². The zero-order valence-corrected chi connectivity index (χ0v) is 12.5. The second-order valence-corrected chi connectivity index (χ2v) is 5.23. The van der Waals surface area contributed by atoms with Crippen LogP contribution in [0.3, 0.4) is 0 Å². The molecule has 126 valence electrons. The van der Waals surface area contributed by atoms with Gasteiger partial charge in [0.25, 0.3) is 5.91 Å². The van der Waals surface area contributed by atoms with Crippen LogP contribution in [0.1, 0.15) is 21.6 Å². The average Bonchev–Trinajstić information content (AvgIpc) is 2.79. The van der Waals surface area contributed by atoms with Crippen LogP contribution < -0.4 is 15.4 Å². The highest BCUT2D eigenvalue weighted by atomic mass is 19.4. The Labute approximate surface area is 135 Å². The third kappa shape index (κ3) is 3.65. The molecule has 3 rings (SSSR count). The molecule has 0 aliphatic carbocycles. The number of fused-ring (bicyclic) bond motifs is 1. The molecule has 0 atom stereocenters. The monoisotopic (exact) mass is 337 g/mol. The number of alkyl halides is 3. The minimum Gasteiger partial charge on any atom is -0.492 e. The quantitative estimate of drug-likeness (QED) is 0.885. The molecular formula is C16H14F3N3O2.